The van der Waals surface area contributed by atoms with Crippen molar-refractivity contribution in [1.82, 2.24) is 4.90 Å². The molecule has 0 saturated carbocycles. The molecule has 3 nitrogen and oxygen atoms in total. The van der Waals surface area contributed by atoms with E-state index in [9.17, 15) is 18.0 Å². The van der Waals surface area contributed by atoms with E-state index in [0.717, 1.165) is 6.07 Å². The first-order valence-corrected chi connectivity index (χ1v) is 6.77. The molecule has 0 aromatic heterocycles. The van der Waals surface area contributed by atoms with Crippen LogP contribution in [0.5, 0.6) is 0 Å². The van der Waals surface area contributed by atoms with Crippen LogP contribution in [0.25, 0.3) is 0 Å². The number of alkyl halides is 3. The summed E-state index contributed by atoms with van der Waals surface area (Å²) in [7, 11) is 3.12. The van der Waals surface area contributed by atoms with Crippen molar-refractivity contribution >= 4 is 5.97 Å². The third kappa shape index (κ3) is 3.37. The summed E-state index contributed by atoms with van der Waals surface area (Å²) in [6, 6.07) is 5.49. The molecule has 0 amide bonds. The van der Waals surface area contributed by atoms with E-state index in [1.54, 1.807) is 6.07 Å². The van der Waals surface area contributed by atoms with Gasteiger partial charge >= 0.3 is 12.1 Å². The van der Waals surface area contributed by atoms with E-state index < -0.39 is 29.5 Å². The highest BCUT2D eigenvalue weighted by Crippen LogP contribution is 2.40. The van der Waals surface area contributed by atoms with E-state index in [2.05, 4.69) is 0 Å². The minimum absolute atomic E-state index is 0.188. The van der Waals surface area contributed by atoms with Crippen molar-refractivity contribution in [2.24, 2.45) is 5.92 Å². The predicted octanol–water partition coefficient (Wildman–Crippen LogP) is 2.91. The van der Waals surface area contributed by atoms with E-state index in [1.165, 1.54) is 19.2 Å². The maximum absolute atomic E-state index is 13.2. The van der Waals surface area contributed by atoms with E-state index in [-0.39, 0.29) is 5.56 Å². The number of benzene rings is 1. The van der Waals surface area contributed by atoms with Crippen molar-refractivity contribution < 1.29 is 22.7 Å². The highest BCUT2D eigenvalue weighted by Gasteiger charge is 2.40. The number of esters is 1. The zero-order chi connectivity index (χ0) is 15.6. The average Bonchev–Trinajstić information content (AvgIpc) is 2.45. The van der Waals surface area contributed by atoms with Crippen molar-refractivity contribution in [3.05, 3.63) is 35.4 Å². The van der Waals surface area contributed by atoms with E-state index >= 15 is 0 Å². The van der Waals surface area contributed by atoms with Crippen LogP contribution in [0.1, 0.15) is 23.5 Å². The second-order valence-corrected chi connectivity index (χ2v) is 5.37. The molecule has 116 valence electrons. The SMILES string of the molecule is COC(=O)C1CN(C)CCC1c1ccccc1C(F)(F)F. The van der Waals surface area contributed by atoms with Gasteiger partial charge in [-0.3, -0.25) is 4.79 Å². The van der Waals surface area contributed by atoms with Gasteiger partial charge in [0.2, 0.25) is 0 Å². The first-order valence-electron chi connectivity index (χ1n) is 6.77. The molecule has 1 saturated heterocycles. The fourth-order valence-electron chi connectivity index (χ4n) is 2.96. The largest absolute Gasteiger partial charge is 0.469 e. The molecule has 1 aromatic rings. The van der Waals surface area contributed by atoms with Gasteiger partial charge in [-0.25, -0.2) is 0 Å². The van der Waals surface area contributed by atoms with E-state index in [4.69, 9.17) is 4.74 Å². The molecule has 0 aliphatic carbocycles. The number of piperidine rings is 1. The summed E-state index contributed by atoms with van der Waals surface area (Å²) >= 11 is 0. The minimum atomic E-state index is -4.42. The Labute approximate surface area is 121 Å². The average molecular weight is 301 g/mol. The van der Waals surface area contributed by atoms with Gasteiger partial charge in [0, 0.05) is 12.5 Å². The standard InChI is InChI=1S/C15H18F3NO2/c1-19-8-7-10(12(9-19)14(20)21-2)11-5-3-4-6-13(11)15(16,17)18/h3-6,10,12H,7-9H2,1-2H3. The Hall–Kier alpha value is -1.56. The van der Waals surface area contributed by atoms with Gasteiger partial charge < -0.3 is 9.64 Å². The van der Waals surface area contributed by atoms with Crippen LogP contribution < -0.4 is 0 Å². The van der Waals surface area contributed by atoms with Crippen molar-refractivity contribution in [3.63, 3.8) is 0 Å². The van der Waals surface area contributed by atoms with Crippen LogP contribution in [-0.2, 0) is 15.7 Å². The lowest BCUT2D eigenvalue weighted by molar-refractivity contribution is -0.149. The highest BCUT2D eigenvalue weighted by molar-refractivity contribution is 5.74. The second-order valence-electron chi connectivity index (χ2n) is 5.37. The van der Waals surface area contributed by atoms with Crippen LogP contribution in [0.15, 0.2) is 24.3 Å². The highest BCUT2D eigenvalue weighted by atomic mass is 19.4. The van der Waals surface area contributed by atoms with Gasteiger partial charge in [0.1, 0.15) is 0 Å². The molecule has 2 atom stereocenters. The summed E-state index contributed by atoms with van der Waals surface area (Å²) in [5.74, 6) is -1.49. The van der Waals surface area contributed by atoms with Crippen LogP contribution in [0.4, 0.5) is 13.2 Å². The third-order valence-electron chi connectivity index (χ3n) is 3.99. The molecule has 1 heterocycles. The molecule has 1 aliphatic heterocycles. The number of carbonyl (C=O) groups is 1. The summed E-state index contributed by atoms with van der Waals surface area (Å²) in [5.41, 5.74) is -0.470. The van der Waals surface area contributed by atoms with Crippen molar-refractivity contribution in [3.8, 4) is 0 Å². The van der Waals surface area contributed by atoms with Crippen LogP contribution >= 0.6 is 0 Å². The molecule has 21 heavy (non-hydrogen) atoms. The van der Waals surface area contributed by atoms with E-state index in [1.807, 2.05) is 11.9 Å². The molecule has 2 rings (SSSR count). The Bertz CT molecular complexity index is 516. The number of ether oxygens (including phenoxy) is 1. The fourth-order valence-corrected chi connectivity index (χ4v) is 2.96. The maximum atomic E-state index is 13.2. The van der Waals surface area contributed by atoms with Crippen LogP contribution in [0.2, 0.25) is 0 Å². The number of rotatable bonds is 2. The Morgan fingerprint density at radius 3 is 2.62 bits per heavy atom. The number of methoxy groups -OCH3 is 1. The number of nitrogens with zero attached hydrogens (tertiary/aromatic N) is 1. The molecular formula is C15H18F3NO2. The summed E-state index contributed by atoms with van der Waals surface area (Å²) in [5, 5.41) is 0. The fraction of sp³-hybridized carbons (Fsp3) is 0.533. The molecule has 0 spiro atoms. The van der Waals surface area contributed by atoms with Crippen molar-refractivity contribution in [1.29, 1.82) is 0 Å². The number of likely N-dealkylation sites (tertiary alicyclic amines) is 1. The lowest BCUT2D eigenvalue weighted by Crippen LogP contribution is -2.41. The normalized spacial score (nSPS) is 23.9. The maximum Gasteiger partial charge on any atom is 0.416 e. The molecular weight excluding hydrogens is 283 g/mol. The van der Waals surface area contributed by atoms with Crippen LogP contribution in [0, 0.1) is 5.92 Å². The van der Waals surface area contributed by atoms with Gasteiger partial charge in [-0.05, 0) is 31.6 Å². The van der Waals surface area contributed by atoms with Crippen LogP contribution in [0.3, 0.4) is 0 Å². The Balaban J connectivity index is 2.41. The van der Waals surface area contributed by atoms with Gasteiger partial charge in [0.25, 0.3) is 0 Å². The molecule has 6 heteroatoms. The van der Waals surface area contributed by atoms with Crippen molar-refractivity contribution in [2.45, 2.75) is 18.5 Å². The van der Waals surface area contributed by atoms with Gasteiger partial charge in [-0.2, -0.15) is 13.2 Å². The van der Waals surface area contributed by atoms with Crippen molar-refractivity contribution in [2.75, 3.05) is 27.2 Å². The Kier molecular flexibility index (Phi) is 4.56. The van der Waals surface area contributed by atoms with Crippen LogP contribution in [-0.4, -0.2) is 38.1 Å². The molecule has 0 radical (unpaired) electrons. The lowest BCUT2D eigenvalue weighted by atomic mass is 9.78. The molecule has 1 aliphatic rings. The van der Waals surface area contributed by atoms with Gasteiger partial charge in [-0.1, -0.05) is 18.2 Å². The smallest absolute Gasteiger partial charge is 0.416 e. The topological polar surface area (TPSA) is 29.5 Å². The van der Waals surface area contributed by atoms with Gasteiger partial charge in [0.15, 0.2) is 0 Å². The zero-order valence-electron chi connectivity index (χ0n) is 12.0. The Morgan fingerprint density at radius 2 is 2.00 bits per heavy atom. The second kappa shape index (κ2) is 6.05. The zero-order valence-corrected chi connectivity index (χ0v) is 12.0. The molecule has 0 bridgehead atoms. The first-order chi connectivity index (χ1) is 9.84. The molecule has 1 fully saturated rings. The van der Waals surface area contributed by atoms with Gasteiger partial charge in [0.05, 0.1) is 18.6 Å². The lowest BCUT2D eigenvalue weighted by Gasteiger charge is -2.36. The number of hydrogen-bond acceptors (Lipinski definition) is 3. The van der Waals surface area contributed by atoms with E-state index in [0.29, 0.717) is 19.5 Å². The summed E-state index contributed by atoms with van der Waals surface area (Å²) in [6.07, 6.45) is -3.91. The molecule has 2 unspecified atom stereocenters. The summed E-state index contributed by atoms with van der Waals surface area (Å²) < 4.78 is 44.3. The monoisotopic (exact) mass is 301 g/mol. The quantitative estimate of drug-likeness (QED) is 0.787. The summed E-state index contributed by atoms with van der Waals surface area (Å²) in [6.45, 7) is 1.06. The minimum Gasteiger partial charge on any atom is -0.469 e. The molecule has 0 N–H and O–H groups in total. The predicted molar refractivity (Wildman–Crippen MR) is 71.8 cm³/mol. The van der Waals surface area contributed by atoms with Gasteiger partial charge in [-0.15, -0.1) is 0 Å². The number of hydrogen-bond donors (Lipinski definition) is 0. The number of carbonyl (C=O) groups excluding carboxylic acids is 1. The third-order valence-corrected chi connectivity index (χ3v) is 3.99. The number of halogens is 3. The summed E-state index contributed by atoms with van der Waals surface area (Å²) in [4.78, 5) is 13.9. The molecule has 1 aromatic carbocycles. The first kappa shape index (κ1) is 15.8. The Morgan fingerprint density at radius 1 is 1.33 bits per heavy atom.